The molecule has 0 unspecified atom stereocenters. The molecule has 1 aromatic heterocycles. The molecule has 0 saturated carbocycles. The van der Waals surface area contributed by atoms with Gasteiger partial charge in [0, 0.05) is 10.8 Å². The molecule has 1 N–H and O–H groups in total. The second-order valence-corrected chi connectivity index (χ2v) is 4.91. The van der Waals surface area contributed by atoms with E-state index in [2.05, 4.69) is 4.98 Å². The van der Waals surface area contributed by atoms with Crippen LogP contribution in [0, 0.1) is 0 Å². The predicted octanol–water partition coefficient (Wildman–Crippen LogP) is 2.79. The van der Waals surface area contributed by atoms with Gasteiger partial charge < -0.3 is 28.7 Å². The summed E-state index contributed by atoms with van der Waals surface area (Å²) in [6, 6.07) is 5.87. The Morgan fingerprint density at radius 1 is 0.905 bits per heavy atom. The fourth-order valence-electron chi connectivity index (χ4n) is 2.99. The fourth-order valence-corrected chi connectivity index (χ4v) is 2.99. The third kappa shape index (κ3) is 1.27. The third-order valence-corrected chi connectivity index (χ3v) is 3.90. The van der Waals surface area contributed by atoms with E-state index in [9.17, 15) is 0 Å². The minimum absolute atomic E-state index is 0.211. The van der Waals surface area contributed by atoms with Crippen molar-refractivity contribution < 1.29 is 23.7 Å². The Morgan fingerprint density at radius 2 is 1.71 bits per heavy atom. The van der Waals surface area contributed by atoms with E-state index in [1.54, 1.807) is 7.11 Å². The second-order valence-electron chi connectivity index (χ2n) is 4.91. The number of ether oxygens (including phenoxy) is 5. The maximum Gasteiger partial charge on any atom is 0.231 e. The van der Waals surface area contributed by atoms with Crippen LogP contribution in [0.25, 0.3) is 21.8 Å². The van der Waals surface area contributed by atoms with Gasteiger partial charge in [-0.25, -0.2) is 0 Å². The summed E-state index contributed by atoms with van der Waals surface area (Å²) in [6.45, 7) is 0.451. The van der Waals surface area contributed by atoms with E-state index in [0.717, 1.165) is 33.3 Å². The van der Waals surface area contributed by atoms with Crippen LogP contribution in [-0.4, -0.2) is 25.7 Å². The summed E-state index contributed by atoms with van der Waals surface area (Å²) in [5.41, 5.74) is 1.75. The number of nitrogens with one attached hydrogen (secondary N) is 1. The average molecular weight is 285 g/mol. The lowest BCUT2D eigenvalue weighted by atomic mass is 10.1. The molecule has 0 atom stereocenters. The molecule has 0 aliphatic carbocycles. The molecule has 5 rings (SSSR count). The highest BCUT2D eigenvalue weighted by Gasteiger charge is 2.26. The Kier molecular flexibility index (Phi) is 1.91. The van der Waals surface area contributed by atoms with Crippen molar-refractivity contribution in [1.82, 2.24) is 4.98 Å². The standard InChI is InChI=1S/C15H11NO5/c1-17-15-12-8(4-10-14(15)21-6-19-10)7-2-3-9-13(11(7)16-12)20-5-18-9/h2-4,16H,5-6H2,1H3. The summed E-state index contributed by atoms with van der Waals surface area (Å²) in [5, 5.41) is 2.04. The maximum atomic E-state index is 5.56. The Balaban J connectivity index is 1.95. The molecule has 0 saturated heterocycles. The van der Waals surface area contributed by atoms with Crippen LogP contribution in [0.15, 0.2) is 18.2 Å². The molecule has 0 fully saturated rings. The van der Waals surface area contributed by atoms with Gasteiger partial charge in [0.15, 0.2) is 23.0 Å². The lowest BCUT2D eigenvalue weighted by Crippen LogP contribution is -1.94. The van der Waals surface area contributed by atoms with Crippen LogP contribution in [0.5, 0.6) is 28.7 Å². The van der Waals surface area contributed by atoms with Crippen molar-refractivity contribution in [1.29, 1.82) is 0 Å². The molecule has 3 aromatic rings. The summed E-state index contributed by atoms with van der Waals surface area (Å²) >= 11 is 0. The van der Waals surface area contributed by atoms with Crippen molar-refractivity contribution in [2.75, 3.05) is 20.7 Å². The van der Waals surface area contributed by atoms with Crippen molar-refractivity contribution in [3.05, 3.63) is 18.2 Å². The molecule has 106 valence electrons. The van der Waals surface area contributed by atoms with Gasteiger partial charge >= 0.3 is 0 Å². The van der Waals surface area contributed by atoms with Gasteiger partial charge in [0.2, 0.25) is 19.3 Å². The minimum atomic E-state index is 0.211. The van der Waals surface area contributed by atoms with Crippen LogP contribution in [0.3, 0.4) is 0 Å². The zero-order chi connectivity index (χ0) is 14.0. The normalized spacial score (nSPS) is 15.1. The van der Waals surface area contributed by atoms with Gasteiger partial charge in [-0.2, -0.15) is 0 Å². The molecule has 2 aromatic carbocycles. The smallest absolute Gasteiger partial charge is 0.231 e. The Morgan fingerprint density at radius 3 is 2.57 bits per heavy atom. The quantitative estimate of drug-likeness (QED) is 0.745. The highest BCUT2D eigenvalue weighted by Crippen LogP contribution is 2.49. The van der Waals surface area contributed by atoms with E-state index in [1.807, 2.05) is 18.2 Å². The number of H-pyrrole nitrogens is 1. The van der Waals surface area contributed by atoms with E-state index in [-0.39, 0.29) is 13.6 Å². The number of fused-ring (bicyclic) bond motifs is 6. The topological polar surface area (TPSA) is 61.9 Å². The van der Waals surface area contributed by atoms with Crippen LogP contribution in [0.2, 0.25) is 0 Å². The fraction of sp³-hybridized carbons (Fsp3) is 0.200. The van der Waals surface area contributed by atoms with Crippen molar-refractivity contribution in [3.63, 3.8) is 0 Å². The number of methoxy groups -OCH3 is 1. The molecule has 6 nitrogen and oxygen atoms in total. The monoisotopic (exact) mass is 285 g/mol. The summed E-state index contributed by atoms with van der Waals surface area (Å²) < 4.78 is 27.5. The first-order valence-electron chi connectivity index (χ1n) is 6.57. The van der Waals surface area contributed by atoms with Gasteiger partial charge in [0.05, 0.1) is 18.1 Å². The summed E-state index contributed by atoms with van der Waals surface area (Å²) in [7, 11) is 1.62. The molecule has 0 radical (unpaired) electrons. The molecule has 3 heterocycles. The van der Waals surface area contributed by atoms with E-state index in [1.165, 1.54) is 0 Å². The maximum absolute atomic E-state index is 5.56. The Hall–Kier alpha value is -2.76. The van der Waals surface area contributed by atoms with E-state index < -0.39 is 0 Å². The van der Waals surface area contributed by atoms with Crippen LogP contribution >= 0.6 is 0 Å². The van der Waals surface area contributed by atoms with E-state index >= 15 is 0 Å². The van der Waals surface area contributed by atoms with Crippen molar-refractivity contribution in [2.24, 2.45) is 0 Å². The van der Waals surface area contributed by atoms with Gasteiger partial charge in [-0.05, 0) is 18.2 Å². The van der Waals surface area contributed by atoms with Crippen LogP contribution < -0.4 is 23.7 Å². The average Bonchev–Trinajstić information content (AvgIpc) is 3.21. The minimum Gasteiger partial charge on any atom is -0.491 e. The molecular weight excluding hydrogens is 274 g/mol. The highest BCUT2D eigenvalue weighted by atomic mass is 16.7. The van der Waals surface area contributed by atoms with Gasteiger partial charge in [0.25, 0.3) is 0 Å². The van der Waals surface area contributed by atoms with Gasteiger partial charge in [-0.15, -0.1) is 0 Å². The zero-order valence-electron chi connectivity index (χ0n) is 11.2. The second kappa shape index (κ2) is 3.66. The number of rotatable bonds is 1. The lowest BCUT2D eigenvalue weighted by Gasteiger charge is -2.05. The summed E-state index contributed by atoms with van der Waals surface area (Å²) in [6.07, 6.45) is 0. The number of aromatic nitrogens is 1. The number of aromatic amines is 1. The molecule has 0 spiro atoms. The molecule has 2 aliphatic rings. The molecule has 2 aliphatic heterocycles. The predicted molar refractivity (Wildman–Crippen MR) is 74.6 cm³/mol. The number of hydrogen-bond acceptors (Lipinski definition) is 5. The number of benzene rings is 2. The number of hydrogen-bond donors (Lipinski definition) is 1. The zero-order valence-corrected chi connectivity index (χ0v) is 11.2. The highest BCUT2D eigenvalue weighted by molar-refractivity contribution is 6.13. The molecular formula is C15H11NO5. The van der Waals surface area contributed by atoms with Gasteiger partial charge in [-0.1, -0.05) is 0 Å². The van der Waals surface area contributed by atoms with Gasteiger partial charge in [0.1, 0.15) is 0 Å². The van der Waals surface area contributed by atoms with Gasteiger partial charge in [-0.3, -0.25) is 0 Å². The van der Waals surface area contributed by atoms with Crippen LogP contribution in [0.1, 0.15) is 0 Å². The first kappa shape index (κ1) is 11.0. The first-order chi connectivity index (χ1) is 10.4. The van der Waals surface area contributed by atoms with Crippen molar-refractivity contribution >= 4 is 21.8 Å². The molecule has 6 heteroatoms. The summed E-state index contributed by atoms with van der Waals surface area (Å²) in [4.78, 5) is 3.36. The summed E-state index contributed by atoms with van der Waals surface area (Å²) in [5.74, 6) is 3.44. The Bertz CT molecular complexity index is 898. The van der Waals surface area contributed by atoms with Crippen LogP contribution in [-0.2, 0) is 0 Å². The lowest BCUT2D eigenvalue weighted by molar-refractivity contribution is 0.171. The molecule has 21 heavy (non-hydrogen) atoms. The van der Waals surface area contributed by atoms with Crippen molar-refractivity contribution in [2.45, 2.75) is 0 Å². The molecule has 0 amide bonds. The first-order valence-corrected chi connectivity index (χ1v) is 6.57. The third-order valence-electron chi connectivity index (χ3n) is 3.90. The van der Waals surface area contributed by atoms with Crippen LogP contribution in [0.4, 0.5) is 0 Å². The van der Waals surface area contributed by atoms with Crippen molar-refractivity contribution in [3.8, 4) is 28.7 Å². The largest absolute Gasteiger partial charge is 0.491 e. The van der Waals surface area contributed by atoms with E-state index in [4.69, 9.17) is 23.7 Å². The Labute approximate surface area is 119 Å². The SMILES string of the molecule is COc1c2c(cc3c1[nH]c1c4c(ccc13)OCO4)OCO2. The molecule has 0 bridgehead atoms. The van der Waals surface area contributed by atoms with E-state index in [0.29, 0.717) is 17.2 Å².